The fourth-order valence-electron chi connectivity index (χ4n) is 2.14. The van der Waals surface area contributed by atoms with Crippen LogP contribution >= 0.6 is 23.4 Å². The van der Waals surface area contributed by atoms with Crippen molar-refractivity contribution < 1.29 is 9.21 Å². The summed E-state index contributed by atoms with van der Waals surface area (Å²) in [5.74, 6) is 0.453. The maximum Gasteiger partial charge on any atom is 0.277 e. The van der Waals surface area contributed by atoms with Gasteiger partial charge in [0, 0.05) is 17.1 Å². The smallest absolute Gasteiger partial charge is 0.277 e. The summed E-state index contributed by atoms with van der Waals surface area (Å²) < 4.78 is 5.62. The SMILES string of the molecule is O=C1NCCCC[C@@H]1Sc1nnc(-c2cccc(Cl)c2)o1. The largest absolute Gasteiger partial charge is 0.411 e. The molecule has 1 N–H and O–H groups in total. The first-order valence-corrected chi connectivity index (χ1v) is 8.02. The standard InChI is InChI=1S/C14H14ClN3O2S/c15-10-5-3-4-9(8-10)13-17-18-14(20-13)21-11-6-1-2-7-16-12(11)19/h3-5,8,11H,1-2,6-7H2,(H,16,19)/t11-/m0/s1. The Morgan fingerprint density at radius 1 is 1.33 bits per heavy atom. The highest BCUT2D eigenvalue weighted by Crippen LogP contribution is 2.30. The molecule has 0 unspecified atom stereocenters. The van der Waals surface area contributed by atoms with Gasteiger partial charge in [-0.05, 0) is 31.0 Å². The molecule has 0 spiro atoms. The first-order valence-electron chi connectivity index (χ1n) is 6.76. The summed E-state index contributed by atoms with van der Waals surface area (Å²) in [5.41, 5.74) is 0.771. The molecule has 21 heavy (non-hydrogen) atoms. The maximum atomic E-state index is 11.9. The van der Waals surface area contributed by atoms with Crippen molar-refractivity contribution >= 4 is 29.3 Å². The molecular formula is C14H14ClN3O2S. The number of nitrogens with zero attached hydrogens (tertiary/aromatic N) is 2. The lowest BCUT2D eigenvalue weighted by Gasteiger charge is -2.08. The summed E-state index contributed by atoms with van der Waals surface area (Å²) in [4.78, 5) is 11.9. The molecule has 1 aliphatic heterocycles. The molecule has 2 aromatic rings. The number of hydrogen-bond acceptors (Lipinski definition) is 5. The summed E-state index contributed by atoms with van der Waals surface area (Å²) in [7, 11) is 0. The summed E-state index contributed by atoms with van der Waals surface area (Å²) in [6.45, 7) is 0.744. The van der Waals surface area contributed by atoms with Crippen LogP contribution < -0.4 is 5.32 Å². The number of halogens is 1. The Morgan fingerprint density at radius 3 is 3.10 bits per heavy atom. The summed E-state index contributed by atoms with van der Waals surface area (Å²) in [5, 5.41) is 11.8. The molecule has 1 saturated heterocycles. The monoisotopic (exact) mass is 323 g/mol. The third kappa shape index (κ3) is 3.57. The zero-order chi connectivity index (χ0) is 14.7. The fourth-order valence-corrected chi connectivity index (χ4v) is 3.26. The molecule has 1 aromatic carbocycles. The van der Waals surface area contributed by atoms with Gasteiger partial charge in [-0.15, -0.1) is 10.2 Å². The molecule has 7 heteroatoms. The van der Waals surface area contributed by atoms with E-state index in [1.165, 1.54) is 11.8 Å². The van der Waals surface area contributed by atoms with Crippen LogP contribution in [0.4, 0.5) is 0 Å². The molecule has 110 valence electrons. The fraction of sp³-hybridized carbons (Fsp3) is 0.357. The molecule has 1 aliphatic rings. The van der Waals surface area contributed by atoms with E-state index in [0.29, 0.717) is 16.1 Å². The van der Waals surface area contributed by atoms with Crippen molar-refractivity contribution in [3.63, 3.8) is 0 Å². The number of carbonyl (C=O) groups is 1. The van der Waals surface area contributed by atoms with Gasteiger partial charge in [-0.25, -0.2) is 0 Å². The molecule has 0 bridgehead atoms. The Morgan fingerprint density at radius 2 is 2.24 bits per heavy atom. The maximum absolute atomic E-state index is 11.9. The number of benzene rings is 1. The zero-order valence-corrected chi connectivity index (χ0v) is 12.8. The number of amides is 1. The van der Waals surface area contributed by atoms with Gasteiger partial charge in [-0.2, -0.15) is 0 Å². The van der Waals surface area contributed by atoms with Crippen LogP contribution in [-0.4, -0.2) is 27.9 Å². The second-order valence-corrected chi connectivity index (χ2v) is 6.37. The minimum Gasteiger partial charge on any atom is -0.411 e. The topological polar surface area (TPSA) is 68.0 Å². The third-order valence-electron chi connectivity index (χ3n) is 3.21. The first-order chi connectivity index (χ1) is 10.2. The Bertz CT molecular complexity index is 647. The van der Waals surface area contributed by atoms with Crippen molar-refractivity contribution in [3.05, 3.63) is 29.3 Å². The van der Waals surface area contributed by atoms with Crippen molar-refractivity contribution in [2.24, 2.45) is 0 Å². The molecular weight excluding hydrogens is 310 g/mol. The Labute approximate surface area is 131 Å². The van der Waals surface area contributed by atoms with Crippen LogP contribution in [0.1, 0.15) is 19.3 Å². The van der Waals surface area contributed by atoms with Gasteiger partial charge < -0.3 is 9.73 Å². The molecule has 1 fully saturated rings. The van der Waals surface area contributed by atoms with Gasteiger partial charge in [0.25, 0.3) is 5.22 Å². The van der Waals surface area contributed by atoms with Gasteiger partial charge in [0.05, 0.1) is 5.25 Å². The minimum absolute atomic E-state index is 0.0417. The Balaban J connectivity index is 1.74. The molecule has 2 heterocycles. The highest BCUT2D eigenvalue weighted by Gasteiger charge is 2.24. The summed E-state index contributed by atoms with van der Waals surface area (Å²) in [6.07, 6.45) is 2.86. The van der Waals surface area contributed by atoms with E-state index in [0.717, 1.165) is 31.4 Å². The number of carbonyl (C=O) groups excluding carboxylic acids is 1. The number of hydrogen-bond donors (Lipinski definition) is 1. The molecule has 0 radical (unpaired) electrons. The van der Waals surface area contributed by atoms with Crippen molar-refractivity contribution in [1.82, 2.24) is 15.5 Å². The number of rotatable bonds is 3. The molecule has 1 amide bonds. The predicted molar refractivity (Wildman–Crippen MR) is 81.2 cm³/mol. The van der Waals surface area contributed by atoms with E-state index in [9.17, 15) is 4.79 Å². The predicted octanol–water partition coefficient (Wildman–Crippen LogP) is 3.15. The van der Waals surface area contributed by atoms with E-state index in [1.807, 2.05) is 12.1 Å². The molecule has 1 atom stereocenters. The summed E-state index contributed by atoms with van der Waals surface area (Å²) >= 11 is 7.27. The van der Waals surface area contributed by atoms with E-state index < -0.39 is 0 Å². The van der Waals surface area contributed by atoms with Crippen LogP contribution in [0.15, 0.2) is 33.9 Å². The van der Waals surface area contributed by atoms with Crippen LogP contribution in [0.3, 0.4) is 0 Å². The van der Waals surface area contributed by atoms with E-state index >= 15 is 0 Å². The third-order valence-corrected chi connectivity index (χ3v) is 4.54. The van der Waals surface area contributed by atoms with Crippen LogP contribution in [0.25, 0.3) is 11.5 Å². The van der Waals surface area contributed by atoms with Gasteiger partial charge in [-0.3, -0.25) is 4.79 Å². The van der Waals surface area contributed by atoms with Gasteiger partial charge in [0.1, 0.15) is 0 Å². The lowest BCUT2D eigenvalue weighted by atomic mass is 10.2. The van der Waals surface area contributed by atoms with Gasteiger partial charge in [0.2, 0.25) is 11.8 Å². The second-order valence-electron chi connectivity index (χ2n) is 4.78. The molecule has 0 aliphatic carbocycles. The number of thioether (sulfide) groups is 1. The van der Waals surface area contributed by atoms with Crippen LogP contribution in [0, 0.1) is 0 Å². The quantitative estimate of drug-likeness (QED) is 0.939. The number of aromatic nitrogens is 2. The summed E-state index contributed by atoms with van der Waals surface area (Å²) in [6, 6.07) is 7.23. The average Bonchev–Trinajstić information content (AvgIpc) is 2.85. The van der Waals surface area contributed by atoms with E-state index in [4.69, 9.17) is 16.0 Å². The minimum atomic E-state index is -0.167. The average molecular weight is 324 g/mol. The highest BCUT2D eigenvalue weighted by atomic mass is 35.5. The number of nitrogens with one attached hydrogen (secondary N) is 1. The van der Waals surface area contributed by atoms with Crippen LogP contribution in [0.5, 0.6) is 0 Å². The highest BCUT2D eigenvalue weighted by molar-refractivity contribution is 8.00. The Hall–Kier alpha value is -1.53. The van der Waals surface area contributed by atoms with Crippen LogP contribution in [0.2, 0.25) is 5.02 Å². The van der Waals surface area contributed by atoms with Crippen molar-refractivity contribution in [1.29, 1.82) is 0 Å². The van der Waals surface area contributed by atoms with E-state index in [1.54, 1.807) is 12.1 Å². The van der Waals surface area contributed by atoms with Crippen molar-refractivity contribution in [2.75, 3.05) is 6.54 Å². The molecule has 1 aromatic heterocycles. The first kappa shape index (κ1) is 14.4. The second kappa shape index (κ2) is 6.49. The normalized spacial score (nSPS) is 19.1. The zero-order valence-electron chi connectivity index (χ0n) is 11.2. The van der Waals surface area contributed by atoms with Gasteiger partial charge in [0.15, 0.2) is 0 Å². The molecule has 5 nitrogen and oxygen atoms in total. The van der Waals surface area contributed by atoms with Gasteiger partial charge >= 0.3 is 0 Å². The Kier molecular flexibility index (Phi) is 4.45. The van der Waals surface area contributed by atoms with Crippen molar-refractivity contribution in [2.45, 2.75) is 29.7 Å². The van der Waals surface area contributed by atoms with E-state index in [-0.39, 0.29) is 11.2 Å². The van der Waals surface area contributed by atoms with Crippen LogP contribution in [-0.2, 0) is 4.79 Å². The van der Waals surface area contributed by atoms with Gasteiger partial charge in [-0.1, -0.05) is 35.9 Å². The molecule has 3 rings (SSSR count). The lowest BCUT2D eigenvalue weighted by Crippen LogP contribution is -2.30. The van der Waals surface area contributed by atoms with Crippen molar-refractivity contribution in [3.8, 4) is 11.5 Å². The lowest BCUT2D eigenvalue weighted by molar-refractivity contribution is -0.120. The van der Waals surface area contributed by atoms with E-state index in [2.05, 4.69) is 15.5 Å². The molecule has 0 saturated carbocycles.